The van der Waals surface area contributed by atoms with Crippen LogP contribution in [0, 0.1) is 0 Å². The molecule has 0 heterocycles. The second-order valence-electron chi connectivity index (χ2n) is 3.26. The third-order valence-electron chi connectivity index (χ3n) is 2.02. The zero-order valence-corrected chi connectivity index (χ0v) is 9.48. The van der Waals surface area contributed by atoms with E-state index in [4.69, 9.17) is 0 Å². The van der Waals surface area contributed by atoms with E-state index in [-0.39, 0.29) is 5.91 Å². The third kappa shape index (κ3) is 2.98. The highest BCUT2D eigenvalue weighted by Crippen LogP contribution is 2.17. The minimum Gasteiger partial charge on any atom is -0.452 e. The Kier molecular flexibility index (Phi) is 3.88. The molecule has 1 aromatic carbocycles. The van der Waals surface area contributed by atoms with Crippen LogP contribution in [0.15, 0.2) is 24.3 Å². The van der Waals surface area contributed by atoms with Crippen molar-refractivity contribution in [3.63, 3.8) is 0 Å². The van der Waals surface area contributed by atoms with Gasteiger partial charge >= 0.3 is 6.09 Å². The zero-order chi connectivity index (χ0) is 12.1. The summed E-state index contributed by atoms with van der Waals surface area (Å²) < 4.78 is 4.58. The van der Waals surface area contributed by atoms with Crippen molar-refractivity contribution in [1.29, 1.82) is 0 Å². The molecule has 0 saturated heterocycles. The van der Waals surface area contributed by atoms with E-state index < -0.39 is 6.09 Å². The smallest absolute Gasteiger partial charge is 0.413 e. The van der Waals surface area contributed by atoms with Gasteiger partial charge in [0.25, 0.3) is 0 Å². The van der Waals surface area contributed by atoms with Crippen molar-refractivity contribution < 1.29 is 14.3 Å². The first-order valence-corrected chi connectivity index (χ1v) is 4.74. The number of methoxy groups -OCH3 is 1. The van der Waals surface area contributed by atoms with Gasteiger partial charge in [0.15, 0.2) is 0 Å². The summed E-state index contributed by atoms with van der Waals surface area (Å²) in [5, 5.41) is 2.64. The van der Waals surface area contributed by atoms with Crippen molar-refractivity contribution in [2.75, 3.05) is 24.4 Å². The average Bonchev–Trinajstić information content (AvgIpc) is 2.27. The SMILES string of the molecule is COC(=O)N(C)c1ccc(NC(C)=O)cc1. The Hall–Kier alpha value is -2.04. The predicted octanol–water partition coefficient (Wildman–Crippen LogP) is 1.85. The van der Waals surface area contributed by atoms with Gasteiger partial charge in [-0.15, -0.1) is 0 Å². The lowest BCUT2D eigenvalue weighted by Crippen LogP contribution is -2.25. The Balaban J connectivity index is 2.78. The summed E-state index contributed by atoms with van der Waals surface area (Å²) in [4.78, 5) is 23.4. The molecule has 0 spiro atoms. The Bertz CT molecular complexity index is 387. The molecule has 0 radical (unpaired) electrons. The molecule has 0 bridgehead atoms. The van der Waals surface area contributed by atoms with Gasteiger partial charge < -0.3 is 10.1 Å². The minimum absolute atomic E-state index is 0.130. The summed E-state index contributed by atoms with van der Waals surface area (Å²) in [6.45, 7) is 1.44. The standard InChI is InChI=1S/C11H14N2O3/c1-8(14)12-9-4-6-10(7-5-9)13(2)11(15)16-3/h4-7H,1-3H3,(H,12,14). The first-order valence-electron chi connectivity index (χ1n) is 4.74. The number of anilines is 2. The summed E-state index contributed by atoms with van der Waals surface area (Å²) >= 11 is 0. The number of nitrogens with zero attached hydrogens (tertiary/aromatic N) is 1. The fourth-order valence-corrected chi connectivity index (χ4v) is 1.21. The van der Waals surface area contributed by atoms with Crippen LogP contribution in [0.5, 0.6) is 0 Å². The van der Waals surface area contributed by atoms with E-state index in [1.807, 2.05) is 0 Å². The maximum atomic E-state index is 11.2. The molecule has 5 heteroatoms. The van der Waals surface area contributed by atoms with Gasteiger partial charge in [0.1, 0.15) is 0 Å². The Labute approximate surface area is 94.0 Å². The molecule has 16 heavy (non-hydrogen) atoms. The first-order chi connectivity index (χ1) is 7.54. The fourth-order valence-electron chi connectivity index (χ4n) is 1.21. The highest BCUT2D eigenvalue weighted by Gasteiger charge is 2.09. The zero-order valence-electron chi connectivity index (χ0n) is 9.48. The summed E-state index contributed by atoms with van der Waals surface area (Å²) in [6, 6.07) is 6.89. The van der Waals surface area contributed by atoms with Crippen molar-refractivity contribution in [3.8, 4) is 0 Å². The van der Waals surface area contributed by atoms with Gasteiger partial charge in [-0.3, -0.25) is 9.69 Å². The molecule has 0 saturated carbocycles. The van der Waals surface area contributed by atoms with Crippen molar-refractivity contribution in [2.24, 2.45) is 0 Å². The van der Waals surface area contributed by atoms with Crippen LogP contribution < -0.4 is 10.2 Å². The van der Waals surface area contributed by atoms with E-state index in [1.54, 1.807) is 31.3 Å². The number of nitrogens with one attached hydrogen (secondary N) is 1. The predicted molar refractivity (Wildman–Crippen MR) is 61.6 cm³/mol. The molecule has 1 N–H and O–H groups in total. The quantitative estimate of drug-likeness (QED) is 0.830. The summed E-state index contributed by atoms with van der Waals surface area (Å²) in [6.07, 6.45) is -0.438. The van der Waals surface area contributed by atoms with Gasteiger partial charge in [0, 0.05) is 25.3 Å². The highest BCUT2D eigenvalue weighted by atomic mass is 16.5. The maximum absolute atomic E-state index is 11.2. The molecule has 2 amide bonds. The number of hydrogen-bond acceptors (Lipinski definition) is 3. The largest absolute Gasteiger partial charge is 0.452 e. The van der Waals surface area contributed by atoms with E-state index in [9.17, 15) is 9.59 Å². The average molecular weight is 222 g/mol. The number of carbonyl (C=O) groups is 2. The van der Waals surface area contributed by atoms with Crippen molar-refractivity contribution in [3.05, 3.63) is 24.3 Å². The normalized spacial score (nSPS) is 9.44. The van der Waals surface area contributed by atoms with Crippen LogP contribution in [0.2, 0.25) is 0 Å². The van der Waals surface area contributed by atoms with E-state index in [1.165, 1.54) is 18.9 Å². The summed E-state index contributed by atoms with van der Waals surface area (Å²) in [5.41, 5.74) is 1.38. The van der Waals surface area contributed by atoms with Gasteiger partial charge in [0.05, 0.1) is 7.11 Å². The fraction of sp³-hybridized carbons (Fsp3) is 0.273. The monoisotopic (exact) mass is 222 g/mol. The van der Waals surface area contributed by atoms with Gasteiger partial charge in [-0.25, -0.2) is 4.79 Å². The molecular weight excluding hydrogens is 208 g/mol. The Morgan fingerprint density at radius 2 is 1.81 bits per heavy atom. The molecule has 0 aliphatic rings. The Morgan fingerprint density at radius 3 is 2.25 bits per heavy atom. The second kappa shape index (κ2) is 5.16. The molecule has 0 unspecified atom stereocenters. The lowest BCUT2D eigenvalue weighted by molar-refractivity contribution is -0.114. The molecule has 0 fully saturated rings. The number of hydrogen-bond donors (Lipinski definition) is 1. The first kappa shape index (κ1) is 12.0. The van der Waals surface area contributed by atoms with Crippen LogP contribution in [0.1, 0.15) is 6.92 Å². The number of ether oxygens (including phenoxy) is 1. The molecule has 1 rings (SSSR count). The third-order valence-corrected chi connectivity index (χ3v) is 2.02. The topological polar surface area (TPSA) is 58.6 Å². The molecule has 0 aliphatic heterocycles. The van der Waals surface area contributed by atoms with Crippen LogP contribution >= 0.6 is 0 Å². The molecule has 86 valence electrons. The number of rotatable bonds is 2. The molecule has 1 aromatic rings. The van der Waals surface area contributed by atoms with Gasteiger partial charge in [-0.1, -0.05) is 0 Å². The van der Waals surface area contributed by atoms with E-state index in [2.05, 4.69) is 10.1 Å². The maximum Gasteiger partial charge on any atom is 0.413 e. The number of amides is 2. The number of benzene rings is 1. The lowest BCUT2D eigenvalue weighted by Gasteiger charge is -2.15. The van der Waals surface area contributed by atoms with Crippen molar-refractivity contribution in [2.45, 2.75) is 6.92 Å². The highest BCUT2D eigenvalue weighted by molar-refractivity contribution is 5.90. The van der Waals surface area contributed by atoms with E-state index >= 15 is 0 Å². The van der Waals surface area contributed by atoms with Crippen LogP contribution in [0.25, 0.3) is 0 Å². The minimum atomic E-state index is -0.438. The van der Waals surface area contributed by atoms with Crippen molar-refractivity contribution in [1.82, 2.24) is 0 Å². The van der Waals surface area contributed by atoms with Crippen LogP contribution in [0.4, 0.5) is 16.2 Å². The van der Waals surface area contributed by atoms with E-state index in [0.717, 1.165) is 0 Å². The van der Waals surface area contributed by atoms with Gasteiger partial charge in [0.2, 0.25) is 5.91 Å². The van der Waals surface area contributed by atoms with Crippen LogP contribution in [-0.4, -0.2) is 26.2 Å². The van der Waals surface area contributed by atoms with Crippen molar-refractivity contribution >= 4 is 23.4 Å². The molecule has 0 aromatic heterocycles. The van der Waals surface area contributed by atoms with E-state index in [0.29, 0.717) is 11.4 Å². The van der Waals surface area contributed by atoms with Crippen LogP contribution in [-0.2, 0) is 9.53 Å². The molecule has 5 nitrogen and oxygen atoms in total. The van der Waals surface area contributed by atoms with Crippen LogP contribution in [0.3, 0.4) is 0 Å². The summed E-state index contributed by atoms with van der Waals surface area (Å²) in [5.74, 6) is -0.130. The molecule has 0 aliphatic carbocycles. The second-order valence-corrected chi connectivity index (χ2v) is 3.26. The molecular formula is C11H14N2O3. The van der Waals surface area contributed by atoms with Gasteiger partial charge in [-0.2, -0.15) is 0 Å². The summed E-state index contributed by atoms with van der Waals surface area (Å²) in [7, 11) is 2.93. The number of carbonyl (C=O) groups excluding carboxylic acids is 2. The van der Waals surface area contributed by atoms with Gasteiger partial charge in [-0.05, 0) is 24.3 Å². The molecule has 0 atom stereocenters. The lowest BCUT2D eigenvalue weighted by atomic mass is 10.2. The Morgan fingerprint density at radius 1 is 1.25 bits per heavy atom.